The van der Waals surface area contributed by atoms with Gasteiger partial charge in [-0.1, -0.05) is 42.5 Å². The van der Waals surface area contributed by atoms with Crippen LogP contribution in [0.25, 0.3) is 0 Å². The van der Waals surface area contributed by atoms with Crippen molar-refractivity contribution >= 4 is 9.84 Å². The highest BCUT2D eigenvalue weighted by atomic mass is 32.2. The minimum Gasteiger partial charge on any atom is -0.384 e. The molecular formula is C18H23NO3S. The van der Waals surface area contributed by atoms with Gasteiger partial charge in [-0.05, 0) is 37.2 Å². The van der Waals surface area contributed by atoms with Gasteiger partial charge in [0.2, 0.25) is 0 Å². The predicted octanol–water partition coefficient (Wildman–Crippen LogP) is 2.43. The summed E-state index contributed by atoms with van der Waals surface area (Å²) in [6, 6.07) is 16.5. The molecule has 0 spiro atoms. The summed E-state index contributed by atoms with van der Waals surface area (Å²) in [5, 5.41) is 10.7. The highest BCUT2D eigenvalue weighted by Crippen LogP contribution is 2.23. The van der Waals surface area contributed by atoms with Gasteiger partial charge in [0.1, 0.15) is 0 Å². The van der Waals surface area contributed by atoms with Crippen molar-refractivity contribution in [1.29, 1.82) is 0 Å². The summed E-state index contributed by atoms with van der Waals surface area (Å²) in [5.41, 5.74) is 0.822. The fourth-order valence-electron chi connectivity index (χ4n) is 2.63. The second kappa shape index (κ2) is 6.83. The Morgan fingerprint density at radius 3 is 2.13 bits per heavy atom. The van der Waals surface area contributed by atoms with E-state index in [4.69, 9.17) is 0 Å². The number of nitrogens with zero attached hydrogens (tertiary/aromatic N) is 1. The number of hydrogen-bond donors (Lipinski definition) is 1. The van der Waals surface area contributed by atoms with Crippen LogP contribution in [-0.2, 0) is 22.0 Å². The first kappa shape index (κ1) is 17.7. The van der Waals surface area contributed by atoms with Crippen LogP contribution in [0.5, 0.6) is 0 Å². The molecule has 0 aromatic heterocycles. The number of sulfone groups is 1. The van der Waals surface area contributed by atoms with Crippen LogP contribution in [0.2, 0.25) is 0 Å². The molecular weight excluding hydrogens is 310 g/mol. The first-order valence-corrected chi connectivity index (χ1v) is 9.33. The SMILES string of the molecule is CN(Cc1ccccc1)C[C@](C)(O)c1ccc(S(C)(=O)=O)cc1. The van der Waals surface area contributed by atoms with E-state index in [1.54, 1.807) is 19.1 Å². The van der Waals surface area contributed by atoms with Gasteiger partial charge in [0, 0.05) is 19.3 Å². The molecule has 0 heterocycles. The highest BCUT2D eigenvalue weighted by molar-refractivity contribution is 7.90. The normalized spacial score (nSPS) is 14.7. The quantitative estimate of drug-likeness (QED) is 0.882. The van der Waals surface area contributed by atoms with Gasteiger partial charge in [0.15, 0.2) is 9.84 Å². The van der Waals surface area contributed by atoms with Crippen molar-refractivity contribution in [1.82, 2.24) is 4.90 Å². The van der Waals surface area contributed by atoms with Crippen LogP contribution in [0.3, 0.4) is 0 Å². The van der Waals surface area contributed by atoms with Gasteiger partial charge in [-0.2, -0.15) is 0 Å². The van der Waals surface area contributed by atoms with Gasteiger partial charge in [0.25, 0.3) is 0 Å². The molecule has 0 bridgehead atoms. The van der Waals surface area contributed by atoms with Crippen LogP contribution in [0, 0.1) is 0 Å². The molecule has 0 saturated heterocycles. The number of rotatable bonds is 6. The molecule has 1 atom stereocenters. The Morgan fingerprint density at radius 1 is 1.04 bits per heavy atom. The lowest BCUT2D eigenvalue weighted by molar-refractivity contribution is 0.0213. The van der Waals surface area contributed by atoms with E-state index >= 15 is 0 Å². The third kappa shape index (κ3) is 4.89. The van der Waals surface area contributed by atoms with Crippen LogP contribution in [0.4, 0.5) is 0 Å². The Hall–Kier alpha value is -1.69. The zero-order valence-electron chi connectivity index (χ0n) is 13.7. The summed E-state index contributed by atoms with van der Waals surface area (Å²) in [4.78, 5) is 2.30. The molecule has 0 amide bonds. The number of hydrogen-bond acceptors (Lipinski definition) is 4. The molecule has 0 aliphatic heterocycles. The molecule has 23 heavy (non-hydrogen) atoms. The Labute approximate surface area is 138 Å². The molecule has 1 N–H and O–H groups in total. The summed E-state index contributed by atoms with van der Waals surface area (Å²) in [6.45, 7) is 2.92. The summed E-state index contributed by atoms with van der Waals surface area (Å²) in [5.74, 6) is 0. The second-order valence-corrected chi connectivity index (χ2v) is 8.24. The first-order chi connectivity index (χ1) is 10.7. The molecule has 0 saturated carbocycles. The van der Waals surface area contributed by atoms with Gasteiger partial charge in [-0.3, -0.25) is 4.90 Å². The molecule has 4 nitrogen and oxygen atoms in total. The second-order valence-electron chi connectivity index (χ2n) is 6.23. The molecule has 2 rings (SSSR count). The van der Waals surface area contributed by atoms with E-state index in [0.717, 1.165) is 6.54 Å². The Morgan fingerprint density at radius 2 is 1.61 bits per heavy atom. The highest BCUT2D eigenvalue weighted by Gasteiger charge is 2.25. The van der Waals surface area contributed by atoms with Crippen LogP contribution in [-0.4, -0.2) is 38.3 Å². The van der Waals surface area contributed by atoms with Crippen molar-refractivity contribution in [3.63, 3.8) is 0 Å². The number of likely N-dealkylation sites (N-methyl/N-ethyl adjacent to an activating group) is 1. The standard InChI is InChI=1S/C18H23NO3S/c1-18(20,14-19(2)13-15-7-5-4-6-8-15)16-9-11-17(12-10-16)23(3,21)22/h4-12,20H,13-14H2,1-3H3/t18-/m0/s1. The largest absolute Gasteiger partial charge is 0.384 e. The average Bonchev–Trinajstić information content (AvgIpc) is 2.47. The molecule has 2 aromatic carbocycles. The van der Waals surface area contributed by atoms with E-state index in [-0.39, 0.29) is 4.90 Å². The maximum atomic E-state index is 11.5. The van der Waals surface area contributed by atoms with Gasteiger partial charge >= 0.3 is 0 Å². The lowest BCUT2D eigenvalue weighted by Crippen LogP contribution is -2.36. The minimum absolute atomic E-state index is 0.259. The lowest BCUT2D eigenvalue weighted by Gasteiger charge is -2.29. The number of aliphatic hydroxyl groups is 1. The van der Waals surface area contributed by atoms with Crippen LogP contribution in [0.1, 0.15) is 18.1 Å². The Kier molecular flexibility index (Phi) is 5.24. The Bertz CT molecular complexity index is 738. The van der Waals surface area contributed by atoms with Gasteiger partial charge in [0.05, 0.1) is 10.5 Å². The van der Waals surface area contributed by atoms with Crippen LogP contribution in [0.15, 0.2) is 59.5 Å². The molecule has 124 valence electrons. The van der Waals surface area contributed by atoms with Crippen LogP contribution < -0.4 is 0 Å². The summed E-state index contributed by atoms with van der Waals surface area (Å²) >= 11 is 0. The van der Waals surface area contributed by atoms with E-state index < -0.39 is 15.4 Å². The maximum Gasteiger partial charge on any atom is 0.175 e. The van der Waals surface area contributed by atoms with Crippen molar-refractivity contribution in [2.75, 3.05) is 19.8 Å². The average molecular weight is 333 g/mol. The fraction of sp³-hybridized carbons (Fsp3) is 0.333. The summed E-state index contributed by atoms with van der Waals surface area (Å²) < 4.78 is 23.0. The fourth-order valence-corrected chi connectivity index (χ4v) is 3.26. The van der Waals surface area contributed by atoms with Gasteiger partial charge in [-0.25, -0.2) is 8.42 Å². The van der Waals surface area contributed by atoms with Crippen molar-refractivity contribution in [2.24, 2.45) is 0 Å². The molecule has 5 heteroatoms. The van der Waals surface area contributed by atoms with E-state index in [0.29, 0.717) is 12.1 Å². The third-order valence-electron chi connectivity index (χ3n) is 3.78. The summed E-state index contributed by atoms with van der Waals surface area (Å²) in [6.07, 6.45) is 1.17. The molecule has 0 aliphatic carbocycles. The molecule has 0 aliphatic rings. The minimum atomic E-state index is -3.22. The maximum absolute atomic E-state index is 11.5. The van der Waals surface area contributed by atoms with Gasteiger partial charge < -0.3 is 5.11 Å². The smallest absolute Gasteiger partial charge is 0.175 e. The zero-order valence-corrected chi connectivity index (χ0v) is 14.5. The van der Waals surface area contributed by atoms with E-state index in [2.05, 4.69) is 0 Å². The molecule has 2 aromatic rings. The molecule has 0 radical (unpaired) electrons. The van der Waals surface area contributed by atoms with E-state index in [1.165, 1.54) is 24.0 Å². The van der Waals surface area contributed by atoms with Crippen molar-refractivity contribution in [3.05, 3.63) is 65.7 Å². The zero-order chi connectivity index (χ0) is 17.1. The predicted molar refractivity (Wildman–Crippen MR) is 91.9 cm³/mol. The lowest BCUT2D eigenvalue weighted by atomic mass is 9.95. The Balaban J connectivity index is 2.08. The van der Waals surface area contributed by atoms with Crippen molar-refractivity contribution in [3.8, 4) is 0 Å². The van der Waals surface area contributed by atoms with Gasteiger partial charge in [-0.15, -0.1) is 0 Å². The first-order valence-electron chi connectivity index (χ1n) is 7.44. The summed E-state index contributed by atoms with van der Waals surface area (Å²) in [7, 11) is -1.27. The number of benzene rings is 2. The monoisotopic (exact) mass is 333 g/mol. The molecule has 0 fully saturated rings. The van der Waals surface area contributed by atoms with Crippen LogP contribution >= 0.6 is 0 Å². The van der Waals surface area contributed by atoms with E-state index in [9.17, 15) is 13.5 Å². The van der Waals surface area contributed by atoms with Crippen molar-refractivity contribution < 1.29 is 13.5 Å². The van der Waals surface area contributed by atoms with Crippen molar-refractivity contribution in [2.45, 2.75) is 24.0 Å². The van der Waals surface area contributed by atoms with E-state index in [1.807, 2.05) is 42.3 Å². The molecule has 0 unspecified atom stereocenters. The third-order valence-corrected chi connectivity index (χ3v) is 4.91. The topological polar surface area (TPSA) is 57.6 Å².